The summed E-state index contributed by atoms with van der Waals surface area (Å²) in [5.74, 6) is 1.45. The van der Waals surface area contributed by atoms with E-state index in [2.05, 4.69) is 32.9 Å². The minimum atomic E-state index is -0.469. The number of hydrogen-bond donors (Lipinski definition) is 1. The summed E-state index contributed by atoms with van der Waals surface area (Å²) >= 11 is 0. The van der Waals surface area contributed by atoms with Gasteiger partial charge in [0.2, 0.25) is 0 Å². The molecule has 0 bridgehead atoms. The van der Waals surface area contributed by atoms with Crippen LogP contribution < -0.4 is 0 Å². The van der Waals surface area contributed by atoms with Gasteiger partial charge in [0, 0.05) is 0 Å². The Morgan fingerprint density at radius 2 is 1.93 bits per heavy atom. The van der Waals surface area contributed by atoms with Crippen LogP contribution in [-0.4, -0.2) is 10.7 Å². The highest BCUT2D eigenvalue weighted by atomic mass is 16.3. The summed E-state index contributed by atoms with van der Waals surface area (Å²) in [4.78, 5) is 0. The summed E-state index contributed by atoms with van der Waals surface area (Å²) in [6.07, 6.45) is 10.1. The molecule has 2 rings (SSSR count). The van der Waals surface area contributed by atoms with Gasteiger partial charge in [-0.15, -0.1) is 0 Å². The number of hydrogen-bond acceptors (Lipinski definition) is 1. The van der Waals surface area contributed by atoms with E-state index >= 15 is 0 Å². The number of rotatable bonds is 2. The molecule has 0 saturated heterocycles. The first-order valence-electron chi connectivity index (χ1n) is 6.31. The highest BCUT2D eigenvalue weighted by Gasteiger charge is 2.37. The Hall–Kier alpha value is -0.300. The summed E-state index contributed by atoms with van der Waals surface area (Å²) in [5, 5.41) is 10.4. The first-order chi connectivity index (χ1) is 6.89. The lowest BCUT2D eigenvalue weighted by molar-refractivity contribution is 0.0459. The van der Waals surface area contributed by atoms with Crippen LogP contribution in [0, 0.1) is 17.3 Å². The fraction of sp³-hybridized carbons (Fsp3) is 0.857. The van der Waals surface area contributed by atoms with Gasteiger partial charge in [-0.1, -0.05) is 45.8 Å². The van der Waals surface area contributed by atoms with Crippen LogP contribution in [0.15, 0.2) is 12.2 Å². The van der Waals surface area contributed by atoms with E-state index in [1.807, 2.05) is 0 Å². The maximum absolute atomic E-state index is 10.4. The lowest BCUT2D eigenvalue weighted by atomic mass is 9.71. The largest absolute Gasteiger partial charge is 0.386 e. The molecule has 0 aliphatic heterocycles. The van der Waals surface area contributed by atoms with E-state index in [4.69, 9.17) is 0 Å². The molecule has 1 heteroatoms. The van der Waals surface area contributed by atoms with E-state index in [1.54, 1.807) is 0 Å². The molecular formula is C14H24O. The van der Waals surface area contributed by atoms with Gasteiger partial charge < -0.3 is 5.11 Å². The van der Waals surface area contributed by atoms with Gasteiger partial charge in [-0.2, -0.15) is 0 Å². The maximum Gasteiger partial charge on any atom is 0.0830 e. The molecule has 2 unspecified atom stereocenters. The second-order valence-corrected chi connectivity index (χ2v) is 6.62. The fourth-order valence-corrected chi connectivity index (χ4v) is 2.59. The van der Waals surface area contributed by atoms with Gasteiger partial charge in [0.1, 0.15) is 0 Å². The predicted octanol–water partition coefficient (Wildman–Crippen LogP) is 3.53. The smallest absolute Gasteiger partial charge is 0.0830 e. The molecule has 0 heterocycles. The zero-order valence-corrected chi connectivity index (χ0v) is 10.3. The molecule has 0 radical (unpaired) electrons. The standard InChI is InChI=1S/C14H24O/c1-13(2,3)12-6-8-14(15,9-7-12)10-11-4-5-11/h6,8,11-12,15H,4-5,7,9-10H2,1-3H3. The summed E-state index contributed by atoms with van der Waals surface area (Å²) in [5.41, 5.74) is -0.125. The SMILES string of the molecule is CC(C)(C)C1C=CC(O)(CC2CC2)CC1. The lowest BCUT2D eigenvalue weighted by Gasteiger charge is -2.36. The molecule has 1 N–H and O–H groups in total. The quantitative estimate of drug-likeness (QED) is 0.688. The second-order valence-electron chi connectivity index (χ2n) is 6.62. The van der Waals surface area contributed by atoms with Gasteiger partial charge >= 0.3 is 0 Å². The molecule has 15 heavy (non-hydrogen) atoms. The Labute approximate surface area is 93.6 Å². The highest BCUT2D eigenvalue weighted by Crippen LogP contribution is 2.43. The monoisotopic (exact) mass is 208 g/mol. The molecule has 2 aliphatic rings. The minimum absolute atomic E-state index is 0.345. The molecule has 86 valence electrons. The van der Waals surface area contributed by atoms with Crippen molar-refractivity contribution < 1.29 is 5.11 Å². The Kier molecular flexibility index (Phi) is 2.70. The molecule has 2 atom stereocenters. The second kappa shape index (κ2) is 3.62. The Morgan fingerprint density at radius 3 is 2.33 bits per heavy atom. The van der Waals surface area contributed by atoms with Crippen molar-refractivity contribution in [2.45, 2.75) is 58.5 Å². The van der Waals surface area contributed by atoms with Crippen LogP contribution in [0.3, 0.4) is 0 Å². The van der Waals surface area contributed by atoms with E-state index in [-0.39, 0.29) is 0 Å². The van der Waals surface area contributed by atoms with Crippen LogP contribution in [0.2, 0.25) is 0 Å². The van der Waals surface area contributed by atoms with E-state index in [0.29, 0.717) is 11.3 Å². The molecule has 0 amide bonds. The van der Waals surface area contributed by atoms with E-state index < -0.39 is 5.60 Å². The molecule has 1 fully saturated rings. The first-order valence-corrected chi connectivity index (χ1v) is 6.31. The van der Waals surface area contributed by atoms with Crippen LogP contribution in [-0.2, 0) is 0 Å². The third-order valence-corrected chi connectivity index (χ3v) is 3.98. The Morgan fingerprint density at radius 1 is 1.27 bits per heavy atom. The Balaban J connectivity index is 1.97. The highest BCUT2D eigenvalue weighted by molar-refractivity contribution is 5.11. The van der Waals surface area contributed by atoms with Crippen molar-refractivity contribution in [3.05, 3.63) is 12.2 Å². The van der Waals surface area contributed by atoms with Crippen molar-refractivity contribution in [2.75, 3.05) is 0 Å². The zero-order chi connectivity index (χ0) is 11.1. The van der Waals surface area contributed by atoms with Crippen molar-refractivity contribution in [1.82, 2.24) is 0 Å². The molecule has 1 saturated carbocycles. The summed E-state index contributed by atoms with van der Waals surface area (Å²) < 4.78 is 0. The maximum atomic E-state index is 10.4. The van der Waals surface area contributed by atoms with Gasteiger partial charge in [-0.3, -0.25) is 0 Å². The molecule has 0 aromatic rings. The van der Waals surface area contributed by atoms with E-state index in [1.165, 1.54) is 12.8 Å². The molecule has 2 aliphatic carbocycles. The van der Waals surface area contributed by atoms with Gasteiger partial charge in [0.25, 0.3) is 0 Å². The first kappa shape index (κ1) is 11.2. The van der Waals surface area contributed by atoms with Crippen molar-refractivity contribution in [3.63, 3.8) is 0 Å². The average Bonchev–Trinajstić information content (AvgIpc) is 2.86. The van der Waals surface area contributed by atoms with E-state index in [9.17, 15) is 5.11 Å². The van der Waals surface area contributed by atoms with Crippen molar-refractivity contribution >= 4 is 0 Å². The summed E-state index contributed by atoms with van der Waals surface area (Å²) in [6.45, 7) is 6.85. The predicted molar refractivity (Wildman–Crippen MR) is 63.6 cm³/mol. The number of aliphatic hydroxyl groups is 1. The van der Waals surface area contributed by atoms with E-state index in [0.717, 1.165) is 25.2 Å². The van der Waals surface area contributed by atoms with Gasteiger partial charge in [0.05, 0.1) is 5.60 Å². The third kappa shape index (κ3) is 2.84. The fourth-order valence-electron chi connectivity index (χ4n) is 2.59. The topological polar surface area (TPSA) is 20.2 Å². The normalized spacial score (nSPS) is 36.9. The van der Waals surface area contributed by atoms with Crippen LogP contribution in [0.25, 0.3) is 0 Å². The zero-order valence-electron chi connectivity index (χ0n) is 10.3. The minimum Gasteiger partial charge on any atom is -0.386 e. The molecule has 0 spiro atoms. The van der Waals surface area contributed by atoms with Gasteiger partial charge in [-0.05, 0) is 36.5 Å². The average molecular weight is 208 g/mol. The number of allylic oxidation sites excluding steroid dienone is 1. The van der Waals surface area contributed by atoms with Gasteiger partial charge in [-0.25, -0.2) is 0 Å². The van der Waals surface area contributed by atoms with Crippen molar-refractivity contribution in [1.29, 1.82) is 0 Å². The van der Waals surface area contributed by atoms with Crippen molar-refractivity contribution in [2.24, 2.45) is 17.3 Å². The van der Waals surface area contributed by atoms with Crippen LogP contribution in [0.1, 0.15) is 52.9 Å². The summed E-state index contributed by atoms with van der Waals surface area (Å²) in [7, 11) is 0. The Bertz CT molecular complexity index is 257. The lowest BCUT2D eigenvalue weighted by Crippen LogP contribution is -2.33. The molecule has 0 aromatic carbocycles. The van der Waals surface area contributed by atoms with Crippen molar-refractivity contribution in [3.8, 4) is 0 Å². The van der Waals surface area contributed by atoms with Gasteiger partial charge in [0.15, 0.2) is 0 Å². The van der Waals surface area contributed by atoms with Crippen LogP contribution >= 0.6 is 0 Å². The third-order valence-electron chi connectivity index (χ3n) is 3.98. The molecule has 1 nitrogen and oxygen atoms in total. The summed E-state index contributed by atoms with van der Waals surface area (Å²) in [6, 6.07) is 0. The van der Waals surface area contributed by atoms with Crippen LogP contribution in [0.4, 0.5) is 0 Å². The molecular weight excluding hydrogens is 184 g/mol. The van der Waals surface area contributed by atoms with Crippen LogP contribution in [0.5, 0.6) is 0 Å². The molecule has 0 aromatic heterocycles.